The van der Waals surface area contributed by atoms with Gasteiger partial charge in [0.1, 0.15) is 18.1 Å². The highest BCUT2D eigenvalue weighted by atomic mass is 79.9. The summed E-state index contributed by atoms with van der Waals surface area (Å²) in [6.07, 6.45) is 1.79. The molecule has 1 aliphatic rings. The maximum absolute atomic E-state index is 12.4. The summed E-state index contributed by atoms with van der Waals surface area (Å²) in [4.78, 5) is 28.4. The Kier molecular flexibility index (Phi) is 7.89. The molecule has 1 amide bonds. The second-order valence-corrected chi connectivity index (χ2v) is 9.27. The van der Waals surface area contributed by atoms with E-state index in [9.17, 15) is 9.59 Å². The Hall–Kier alpha value is -3.56. The molecule has 0 radical (unpaired) electrons. The maximum Gasteiger partial charge on any atom is 0.335 e. The van der Waals surface area contributed by atoms with E-state index in [2.05, 4.69) is 26.2 Å². The summed E-state index contributed by atoms with van der Waals surface area (Å²) in [5.74, 6) is 0.236. The fourth-order valence-electron chi connectivity index (χ4n) is 3.16. The second-order valence-electron chi connectivity index (χ2n) is 7.39. The van der Waals surface area contributed by atoms with Gasteiger partial charge in [-0.1, -0.05) is 18.2 Å². The van der Waals surface area contributed by atoms with Crippen LogP contribution >= 0.6 is 27.7 Å². The number of hydrogen-bond donors (Lipinski definition) is 2. The first-order chi connectivity index (χ1) is 16.9. The molecule has 0 bridgehead atoms. The summed E-state index contributed by atoms with van der Waals surface area (Å²) in [6, 6.07) is 19.4. The van der Waals surface area contributed by atoms with E-state index in [0.29, 0.717) is 29.0 Å². The molecule has 1 fully saturated rings. The van der Waals surface area contributed by atoms with Crippen molar-refractivity contribution in [1.82, 2.24) is 5.32 Å². The van der Waals surface area contributed by atoms with Crippen LogP contribution in [0.5, 0.6) is 11.5 Å². The van der Waals surface area contributed by atoms with Gasteiger partial charge in [-0.2, -0.15) is 0 Å². The monoisotopic (exact) mass is 552 g/mol. The van der Waals surface area contributed by atoms with Gasteiger partial charge in [0.05, 0.1) is 27.2 Å². The predicted molar refractivity (Wildman–Crippen MR) is 140 cm³/mol. The van der Waals surface area contributed by atoms with Crippen LogP contribution in [0, 0.1) is 0 Å². The van der Waals surface area contributed by atoms with Crippen LogP contribution in [-0.4, -0.2) is 28.8 Å². The van der Waals surface area contributed by atoms with Crippen LogP contribution in [0.2, 0.25) is 0 Å². The van der Waals surface area contributed by atoms with Gasteiger partial charge in [0.15, 0.2) is 5.17 Å². The summed E-state index contributed by atoms with van der Waals surface area (Å²) in [7, 11) is 0. The zero-order valence-corrected chi connectivity index (χ0v) is 21.1. The quantitative estimate of drug-likeness (QED) is 0.332. The lowest BCUT2D eigenvalue weighted by molar-refractivity contribution is -0.115. The van der Waals surface area contributed by atoms with Crippen LogP contribution in [0.25, 0.3) is 6.08 Å². The lowest BCUT2D eigenvalue weighted by Gasteiger charge is -2.09. The normalized spacial score (nSPS) is 15.3. The van der Waals surface area contributed by atoms with Crippen molar-refractivity contribution in [2.24, 2.45) is 4.99 Å². The van der Waals surface area contributed by atoms with E-state index in [1.165, 1.54) is 11.8 Å². The van der Waals surface area contributed by atoms with E-state index in [1.807, 2.05) is 49.4 Å². The van der Waals surface area contributed by atoms with Gasteiger partial charge < -0.3 is 19.9 Å². The molecule has 3 aromatic rings. The molecular weight excluding hydrogens is 532 g/mol. The smallest absolute Gasteiger partial charge is 0.335 e. The molecule has 1 saturated heterocycles. The SMILES string of the molecule is CCOc1ccc(N=C2NC(=O)/C(=C\c3ccc(OCc4ccc(C(=O)O)cc4)c(Br)c3)S2)cc1. The van der Waals surface area contributed by atoms with Gasteiger partial charge in [0.2, 0.25) is 0 Å². The van der Waals surface area contributed by atoms with Crippen molar-refractivity contribution in [1.29, 1.82) is 0 Å². The standard InChI is InChI=1S/C26H21BrN2O5S/c1-2-33-20-10-8-19(9-11-20)28-26-29-24(30)23(35-26)14-17-5-12-22(21(27)13-17)34-15-16-3-6-18(7-4-16)25(31)32/h3-14H,2,15H2,1H3,(H,31,32)(H,28,29,30)/b23-14+. The van der Waals surface area contributed by atoms with Gasteiger partial charge in [-0.3, -0.25) is 4.79 Å². The molecule has 9 heteroatoms. The number of aliphatic imine (C=N–C) groups is 1. The molecular formula is C26H21BrN2O5S. The van der Waals surface area contributed by atoms with E-state index in [1.54, 1.807) is 30.3 Å². The number of carboxylic acid groups (broad SMARTS) is 1. The predicted octanol–water partition coefficient (Wildman–Crippen LogP) is 6.02. The number of aromatic carboxylic acids is 1. The van der Waals surface area contributed by atoms with Crippen molar-refractivity contribution in [2.45, 2.75) is 13.5 Å². The average Bonchev–Trinajstić information content (AvgIpc) is 3.18. The fourth-order valence-corrected chi connectivity index (χ4v) is 4.51. The van der Waals surface area contributed by atoms with Gasteiger partial charge >= 0.3 is 5.97 Å². The number of carbonyl (C=O) groups is 2. The molecule has 7 nitrogen and oxygen atoms in total. The molecule has 2 N–H and O–H groups in total. The van der Waals surface area contributed by atoms with Crippen LogP contribution in [-0.2, 0) is 11.4 Å². The Labute approximate surface area is 215 Å². The first-order valence-corrected chi connectivity index (χ1v) is 12.3. The first-order valence-electron chi connectivity index (χ1n) is 10.7. The van der Waals surface area contributed by atoms with E-state index >= 15 is 0 Å². The maximum atomic E-state index is 12.4. The van der Waals surface area contributed by atoms with Crippen LogP contribution in [0.15, 0.2) is 81.1 Å². The molecule has 0 unspecified atom stereocenters. The van der Waals surface area contributed by atoms with Crippen LogP contribution in [0.4, 0.5) is 5.69 Å². The van der Waals surface area contributed by atoms with Gasteiger partial charge in [-0.25, -0.2) is 9.79 Å². The molecule has 4 rings (SSSR count). The van der Waals surface area contributed by atoms with Gasteiger partial charge in [0, 0.05) is 0 Å². The molecule has 0 aromatic heterocycles. The number of thioether (sulfide) groups is 1. The molecule has 3 aromatic carbocycles. The number of amidine groups is 1. The summed E-state index contributed by atoms with van der Waals surface area (Å²) >= 11 is 4.79. The largest absolute Gasteiger partial charge is 0.494 e. The Morgan fingerprint density at radius 1 is 1.09 bits per heavy atom. The van der Waals surface area contributed by atoms with Gasteiger partial charge in [0.25, 0.3) is 5.91 Å². The minimum absolute atomic E-state index is 0.207. The molecule has 35 heavy (non-hydrogen) atoms. The molecule has 0 atom stereocenters. The third-order valence-electron chi connectivity index (χ3n) is 4.88. The fraction of sp³-hybridized carbons (Fsp3) is 0.115. The molecule has 178 valence electrons. The van der Waals surface area contributed by atoms with Crippen LogP contribution in [0.3, 0.4) is 0 Å². The number of hydrogen-bond acceptors (Lipinski definition) is 6. The summed E-state index contributed by atoms with van der Waals surface area (Å²) in [6.45, 7) is 2.82. The number of nitrogens with one attached hydrogen (secondary N) is 1. The van der Waals surface area contributed by atoms with Crippen molar-refractivity contribution >= 4 is 56.5 Å². The number of carbonyl (C=O) groups excluding carboxylic acids is 1. The minimum Gasteiger partial charge on any atom is -0.494 e. The van der Waals surface area contributed by atoms with Gasteiger partial charge in [-0.05, 0) is 100 Å². The van der Waals surface area contributed by atoms with Crippen LogP contribution in [0.1, 0.15) is 28.4 Å². The summed E-state index contributed by atoms with van der Waals surface area (Å²) < 4.78 is 12.0. The first kappa shape index (κ1) is 24.6. The Bertz CT molecular complexity index is 1300. The minimum atomic E-state index is -0.964. The van der Waals surface area contributed by atoms with Crippen molar-refractivity contribution in [3.05, 3.63) is 92.8 Å². The number of rotatable bonds is 8. The highest BCUT2D eigenvalue weighted by molar-refractivity contribution is 9.10. The third-order valence-corrected chi connectivity index (χ3v) is 6.41. The molecule has 1 aliphatic heterocycles. The van der Waals surface area contributed by atoms with Crippen LogP contribution < -0.4 is 14.8 Å². The zero-order chi connectivity index (χ0) is 24.8. The Balaban J connectivity index is 1.40. The number of amides is 1. The Morgan fingerprint density at radius 3 is 2.49 bits per heavy atom. The van der Waals surface area contributed by atoms with Gasteiger partial charge in [-0.15, -0.1) is 0 Å². The van der Waals surface area contributed by atoms with Crippen molar-refractivity contribution in [3.8, 4) is 11.5 Å². The van der Waals surface area contributed by atoms with E-state index in [0.717, 1.165) is 27.0 Å². The van der Waals surface area contributed by atoms with E-state index < -0.39 is 5.97 Å². The van der Waals surface area contributed by atoms with E-state index in [-0.39, 0.29) is 11.5 Å². The highest BCUT2D eigenvalue weighted by Gasteiger charge is 2.24. The zero-order valence-electron chi connectivity index (χ0n) is 18.7. The van der Waals surface area contributed by atoms with Crippen molar-refractivity contribution < 1.29 is 24.2 Å². The topological polar surface area (TPSA) is 97.2 Å². The Morgan fingerprint density at radius 2 is 1.83 bits per heavy atom. The average molecular weight is 553 g/mol. The number of nitrogens with zero attached hydrogens (tertiary/aromatic N) is 1. The third kappa shape index (κ3) is 6.52. The molecule has 0 spiro atoms. The van der Waals surface area contributed by atoms with Crippen molar-refractivity contribution in [2.75, 3.05) is 6.61 Å². The summed E-state index contributed by atoms with van der Waals surface area (Å²) in [5.41, 5.74) is 2.63. The second kappa shape index (κ2) is 11.2. The number of benzene rings is 3. The van der Waals surface area contributed by atoms with Crippen molar-refractivity contribution in [3.63, 3.8) is 0 Å². The molecule has 0 saturated carbocycles. The number of halogens is 1. The number of carboxylic acids is 1. The highest BCUT2D eigenvalue weighted by Crippen LogP contribution is 2.32. The lowest BCUT2D eigenvalue weighted by Crippen LogP contribution is -2.19. The summed E-state index contributed by atoms with van der Waals surface area (Å²) in [5, 5.41) is 12.3. The molecule has 0 aliphatic carbocycles. The molecule has 1 heterocycles. The number of ether oxygens (including phenoxy) is 2. The lowest BCUT2D eigenvalue weighted by atomic mass is 10.1. The van der Waals surface area contributed by atoms with E-state index in [4.69, 9.17) is 14.6 Å².